The van der Waals surface area contributed by atoms with E-state index in [-0.39, 0.29) is 23.5 Å². The molecule has 2 aromatic carbocycles. The fourth-order valence-corrected chi connectivity index (χ4v) is 3.89. The SMILES string of the molecule is Cc1cc(-c2cccc(C3=Nc4cc(OCC(F)(F)F)c(C(F)(F)F)cc4NC(=O)C3)c2)cc(C)[n+]1[O-]. The molecular formula is C25H19F6N3O3. The van der Waals surface area contributed by atoms with E-state index >= 15 is 0 Å². The van der Waals surface area contributed by atoms with Crippen molar-refractivity contribution in [3.05, 3.63) is 76.3 Å². The molecule has 12 heteroatoms. The molecule has 0 spiro atoms. The number of fused-ring (bicyclic) bond motifs is 1. The van der Waals surface area contributed by atoms with E-state index in [1.165, 1.54) is 0 Å². The van der Waals surface area contributed by atoms with Gasteiger partial charge in [0.25, 0.3) is 0 Å². The number of ether oxygens (including phenoxy) is 1. The average Bonchev–Trinajstić information content (AvgIpc) is 2.96. The zero-order valence-electron chi connectivity index (χ0n) is 19.4. The first-order chi connectivity index (χ1) is 17.2. The number of alkyl halides is 6. The Morgan fingerprint density at radius 2 is 1.62 bits per heavy atom. The largest absolute Gasteiger partial charge is 0.618 e. The second-order valence-electron chi connectivity index (χ2n) is 8.45. The lowest BCUT2D eigenvalue weighted by molar-refractivity contribution is -0.619. The molecule has 4 rings (SSSR count). The Kier molecular flexibility index (Phi) is 6.61. The Bertz CT molecular complexity index is 1390. The van der Waals surface area contributed by atoms with Gasteiger partial charge in [-0.2, -0.15) is 31.1 Å². The van der Waals surface area contributed by atoms with Crippen LogP contribution in [0.5, 0.6) is 5.75 Å². The first-order valence-corrected chi connectivity index (χ1v) is 10.8. The van der Waals surface area contributed by atoms with E-state index in [9.17, 15) is 36.3 Å². The van der Waals surface area contributed by atoms with Crippen LogP contribution in [0.25, 0.3) is 11.1 Å². The number of nitrogens with one attached hydrogen (secondary N) is 1. The summed E-state index contributed by atoms with van der Waals surface area (Å²) in [5.41, 5.74) is 1.03. The number of carbonyl (C=O) groups is 1. The summed E-state index contributed by atoms with van der Waals surface area (Å²) in [6, 6.07) is 11.4. The lowest BCUT2D eigenvalue weighted by Gasteiger charge is -2.17. The van der Waals surface area contributed by atoms with Crippen molar-refractivity contribution in [2.24, 2.45) is 4.99 Å². The highest BCUT2D eigenvalue weighted by Crippen LogP contribution is 2.43. The quantitative estimate of drug-likeness (QED) is 0.258. The summed E-state index contributed by atoms with van der Waals surface area (Å²) in [6.45, 7) is 1.37. The number of pyridine rings is 1. The number of hydrogen-bond acceptors (Lipinski definition) is 4. The zero-order chi connectivity index (χ0) is 27.1. The van der Waals surface area contributed by atoms with Gasteiger partial charge in [0.15, 0.2) is 18.0 Å². The van der Waals surface area contributed by atoms with Crippen molar-refractivity contribution >= 4 is 23.0 Å². The van der Waals surface area contributed by atoms with E-state index in [2.05, 4.69) is 15.0 Å². The smallest absolute Gasteiger partial charge is 0.422 e. The normalized spacial score (nSPS) is 13.9. The summed E-state index contributed by atoms with van der Waals surface area (Å²) >= 11 is 0. The van der Waals surface area contributed by atoms with Crippen LogP contribution in [0.1, 0.15) is 28.9 Å². The topological polar surface area (TPSA) is 77.6 Å². The number of aromatic nitrogens is 1. The minimum absolute atomic E-state index is 0.183. The molecule has 0 radical (unpaired) electrons. The fourth-order valence-electron chi connectivity index (χ4n) is 3.89. The number of benzene rings is 2. The fraction of sp³-hybridized carbons (Fsp3) is 0.240. The molecule has 0 bridgehead atoms. The molecule has 1 aliphatic heterocycles. The van der Waals surface area contributed by atoms with Crippen LogP contribution in [0.2, 0.25) is 0 Å². The minimum Gasteiger partial charge on any atom is -0.618 e. The molecule has 1 aliphatic rings. The maximum absolute atomic E-state index is 13.5. The Morgan fingerprint density at radius 3 is 2.24 bits per heavy atom. The summed E-state index contributed by atoms with van der Waals surface area (Å²) in [5, 5.41) is 14.3. The van der Waals surface area contributed by atoms with E-state index in [0.717, 1.165) is 16.4 Å². The van der Waals surface area contributed by atoms with Gasteiger partial charge in [-0.3, -0.25) is 4.79 Å². The minimum atomic E-state index is -5.04. The van der Waals surface area contributed by atoms with Crippen LogP contribution in [-0.2, 0) is 11.0 Å². The Hall–Kier alpha value is -4.09. The van der Waals surface area contributed by atoms with Crippen molar-refractivity contribution in [1.29, 1.82) is 0 Å². The molecule has 0 fully saturated rings. The third-order valence-electron chi connectivity index (χ3n) is 5.55. The van der Waals surface area contributed by atoms with Crippen LogP contribution in [0, 0.1) is 19.1 Å². The molecule has 1 N–H and O–H groups in total. The highest BCUT2D eigenvalue weighted by molar-refractivity contribution is 6.17. The third-order valence-corrected chi connectivity index (χ3v) is 5.55. The standard InChI is InChI=1S/C25H19F6N3O3/c1-13-6-17(7-14(2)34(13)36)15-4-3-5-16(8-15)19-11-23(35)33-20-9-18(25(29,30)31)22(10-21(20)32-19)37-12-24(26,27)28/h3-10H,11-12H2,1-2H3,(H,33,35). The van der Waals surface area contributed by atoms with E-state index in [1.807, 2.05) is 0 Å². The summed E-state index contributed by atoms with van der Waals surface area (Å²) in [5.74, 6) is -1.71. The number of anilines is 1. The molecule has 6 nitrogen and oxygen atoms in total. The summed E-state index contributed by atoms with van der Waals surface area (Å²) in [7, 11) is 0. The van der Waals surface area contributed by atoms with Crippen molar-refractivity contribution in [2.75, 3.05) is 11.9 Å². The second-order valence-corrected chi connectivity index (χ2v) is 8.45. The molecule has 0 saturated carbocycles. The van der Waals surface area contributed by atoms with Crippen molar-refractivity contribution in [3.63, 3.8) is 0 Å². The van der Waals surface area contributed by atoms with Crippen molar-refractivity contribution < 1.29 is 40.6 Å². The van der Waals surface area contributed by atoms with Crippen LogP contribution >= 0.6 is 0 Å². The number of carbonyl (C=O) groups excluding carboxylic acids is 1. The molecule has 0 aliphatic carbocycles. The molecule has 2 heterocycles. The van der Waals surface area contributed by atoms with Crippen LogP contribution in [0.4, 0.5) is 37.7 Å². The monoisotopic (exact) mass is 523 g/mol. The molecule has 3 aromatic rings. The number of halogens is 6. The van der Waals surface area contributed by atoms with Gasteiger partial charge in [0.05, 0.1) is 29.1 Å². The molecule has 37 heavy (non-hydrogen) atoms. The summed E-state index contributed by atoms with van der Waals surface area (Å²) in [4.78, 5) is 16.8. The summed E-state index contributed by atoms with van der Waals surface area (Å²) < 4.78 is 83.8. The van der Waals surface area contributed by atoms with Crippen molar-refractivity contribution in [2.45, 2.75) is 32.6 Å². The Labute approximate surface area is 206 Å². The molecule has 0 unspecified atom stereocenters. The first-order valence-electron chi connectivity index (χ1n) is 10.8. The van der Waals surface area contributed by atoms with Crippen LogP contribution in [-0.4, -0.2) is 24.4 Å². The van der Waals surface area contributed by atoms with Gasteiger partial charge in [0.2, 0.25) is 5.91 Å². The van der Waals surface area contributed by atoms with Gasteiger partial charge in [0.1, 0.15) is 5.75 Å². The second kappa shape index (κ2) is 9.41. The number of rotatable bonds is 4. The van der Waals surface area contributed by atoms with E-state index in [4.69, 9.17) is 0 Å². The maximum atomic E-state index is 13.5. The molecule has 1 amide bonds. The number of amides is 1. The maximum Gasteiger partial charge on any atom is 0.422 e. The van der Waals surface area contributed by atoms with Gasteiger partial charge in [0, 0.05) is 32.0 Å². The van der Waals surface area contributed by atoms with E-state index in [1.54, 1.807) is 50.2 Å². The molecule has 1 aromatic heterocycles. The Balaban J connectivity index is 1.80. The zero-order valence-corrected chi connectivity index (χ0v) is 19.4. The highest BCUT2D eigenvalue weighted by Gasteiger charge is 2.38. The van der Waals surface area contributed by atoms with E-state index < -0.39 is 36.2 Å². The number of aliphatic imine (C=N–C) groups is 1. The number of aryl methyl sites for hydroxylation is 2. The highest BCUT2D eigenvalue weighted by atomic mass is 19.4. The third kappa shape index (κ3) is 5.84. The van der Waals surface area contributed by atoms with Gasteiger partial charge in [-0.1, -0.05) is 18.2 Å². The average molecular weight is 523 g/mol. The molecule has 0 saturated heterocycles. The van der Waals surface area contributed by atoms with Crippen molar-refractivity contribution in [3.8, 4) is 16.9 Å². The van der Waals surface area contributed by atoms with E-state index in [0.29, 0.717) is 28.6 Å². The van der Waals surface area contributed by atoms with Gasteiger partial charge in [-0.05, 0) is 28.8 Å². The van der Waals surface area contributed by atoms with Gasteiger partial charge in [-0.15, -0.1) is 0 Å². The van der Waals surface area contributed by atoms with Gasteiger partial charge in [-0.25, -0.2) is 4.99 Å². The van der Waals surface area contributed by atoms with Crippen LogP contribution in [0.3, 0.4) is 0 Å². The molecule has 0 atom stereocenters. The summed E-state index contributed by atoms with van der Waals surface area (Å²) in [6.07, 6.45) is -10.2. The van der Waals surface area contributed by atoms with Crippen LogP contribution in [0.15, 0.2) is 53.5 Å². The number of nitrogens with zero attached hydrogens (tertiary/aromatic N) is 2. The van der Waals surface area contributed by atoms with Gasteiger partial charge < -0.3 is 15.3 Å². The predicted molar refractivity (Wildman–Crippen MR) is 123 cm³/mol. The molecular weight excluding hydrogens is 504 g/mol. The lowest BCUT2D eigenvalue weighted by atomic mass is 9.99. The number of hydrogen-bond donors (Lipinski definition) is 1. The predicted octanol–water partition coefficient (Wildman–Crippen LogP) is 6.03. The lowest BCUT2D eigenvalue weighted by Crippen LogP contribution is -2.33. The molecule has 194 valence electrons. The van der Waals surface area contributed by atoms with Crippen molar-refractivity contribution in [1.82, 2.24) is 0 Å². The Morgan fingerprint density at radius 1 is 0.973 bits per heavy atom. The first kappa shape index (κ1) is 26.0. The van der Waals surface area contributed by atoms with Crippen LogP contribution < -0.4 is 14.8 Å². The van der Waals surface area contributed by atoms with Gasteiger partial charge >= 0.3 is 12.4 Å².